The maximum Gasteiger partial charge on any atom is 0.118 e. The van der Waals surface area contributed by atoms with Gasteiger partial charge < -0.3 is 10.5 Å². The average molecular weight is 255 g/mol. The molecule has 2 aromatic carbocycles. The fourth-order valence-electron chi connectivity index (χ4n) is 2.36. The van der Waals surface area contributed by atoms with Gasteiger partial charge in [-0.1, -0.05) is 42.5 Å². The van der Waals surface area contributed by atoms with Crippen molar-refractivity contribution in [3.63, 3.8) is 0 Å². The highest BCUT2D eigenvalue weighted by molar-refractivity contribution is 5.29. The number of rotatable bonds is 6. The van der Waals surface area contributed by atoms with Crippen LogP contribution in [0.2, 0.25) is 0 Å². The van der Waals surface area contributed by atoms with Crippen molar-refractivity contribution in [2.24, 2.45) is 5.73 Å². The van der Waals surface area contributed by atoms with Gasteiger partial charge in [0.05, 0.1) is 7.11 Å². The number of benzene rings is 2. The molecule has 1 atom stereocenters. The third-order valence-corrected chi connectivity index (χ3v) is 3.43. The fraction of sp³-hybridized carbons (Fsp3) is 0.294. The highest BCUT2D eigenvalue weighted by Gasteiger charge is 2.11. The molecule has 0 amide bonds. The van der Waals surface area contributed by atoms with Crippen LogP contribution in [0.15, 0.2) is 54.6 Å². The number of ether oxygens (including phenoxy) is 1. The standard InChI is InChI=1S/C17H21NO/c1-19-17-9-7-14(8-10-17)13-16(11-12-18)15-5-3-2-4-6-15/h2-10,16H,11-13,18H2,1H3. The molecule has 0 aliphatic carbocycles. The van der Waals surface area contributed by atoms with Gasteiger partial charge in [-0.2, -0.15) is 0 Å². The van der Waals surface area contributed by atoms with Crippen LogP contribution in [-0.2, 0) is 6.42 Å². The van der Waals surface area contributed by atoms with Crippen molar-refractivity contribution in [1.29, 1.82) is 0 Å². The van der Waals surface area contributed by atoms with Crippen LogP contribution in [0.25, 0.3) is 0 Å². The van der Waals surface area contributed by atoms with Gasteiger partial charge in [-0.3, -0.25) is 0 Å². The minimum absolute atomic E-state index is 0.486. The Balaban J connectivity index is 2.11. The Labute approximate surface area is 115 Å². The lowest BCUT2D eigenvalue weighted by Crippen LogP contribution is -2.10. The average Bonchev–Trinajstić information content (AvgIpc) is 2.48. The molecule has 2 nitrogen and oxygen atoms in total. The molecule has 1 unspecified atom stereocenters. The third-order valence-electron chi connectivity index (χ3n) is 3.43. The van der Waals surface area contributed by atoms with Gasteiger partial charge in [0.25, 0.3) is 0 Å². The molecule has 2 rings (SSSR count). The first-order valence-electron chi connectivity index (χ1n) is 6.71. The van der Waals surface area contributed by atoms with E-state index in [1.165, 1.54) is 11.1 Å². The molecular formula is C17H21NO. The van der Waals surface area contributed by atoms with Crippen molar-refractivity contribution < 1.29 is 4.74 Å². The second-order valence-electron chi connectivity index (χ2n) is 4.74. The third kappa shape index (κ3) is 3.83. The normalized spacial score (nSPS) is 12.1. The van der Waals surface area contributed by atoms with E-state index < -0.39 is 0 Å². The van der Waals surface area contributed by atoms with Gasteiger partial charge in [0, 0.05) is 0 Å². The molecule has 2 aromatic rings. The van der Waals surface area contributed by atoms with Crippen molar-refractivity contribution in [3.05, 3.63) is 65.7 Å². The first-order valence-corrected chi connectivity index (χ1v) is 6.71. The van der Waals surface area contributed by atoms with E-state index in [0.29, 0.717) is 5.92 Å². The fourth-order valence-corrected chi connectivity index (χ4v) is 2.36. The Kier molecular flexibility index (Phi) is 4.99. The van der Waals surface area contributed by atoms with E-state index in [4.69, 9.17) is 10.5 Å². The van der Waals surface area contributed by atoms with Gasteiger partial charge in [0.2, 0.25) is 0 Å². The van der Waals surface area contributed by atoms with Gasteiger partial charge in [0.15, 0.2) is 0 Å². The summed E-state index contributed by atoms with van der Waals surface area (Å²) < 4.78 is 5.19. The molecule has 0 bridgehead atoms. The van der Waals surface area contributed by atoms with Gasteiger partial charge >= 0.3 is 0 Å². The van der Waals surface area contributed by atoms with Crippen LogP contribution in [0.5, 0.6) is 5.75 Å². The molecule has 19 heavy (non-hydrogen) atoms. The second-order valence-corrected chi connectivity index (χ2v) is 4.74. The number of hydrogen-bond donors (Lipinski definition) is 1. The van der Waals surface area contributed by atoms with E-state index in [0.717, 1.165) is 25.1 Å². The largest absolute Gasteiger partial charge is 0.497 e. The van der Waals surface area contributed by atoms with Crippen LogP contribution in [0.4, 0.5) is 0 Å². The summed E-state index contributed by atoms with van der Waals surface area (Å²) in [7, 11) is 1.69. The number of methoxy groups -OCH3 is 1. The van der Waals surface area contributed by atoms with Gasteiger partial charge in [-0.15, -0.1) is 0 Å². The van der Waals surface area contributed by atoms with E-state index >= 15 is 0 Å². The van der Waals surface area contributed by atoms with Crippen LogP contribution in [0, 0.1) is 0 Å². The second kappa shape index (κ2) is 6.95. The Morgan fingerprint density at radius 1 is 1.00 bits per heavy atom. The van der Waals surface area contributed by atoms with Gasteiger partial charge in [-0.25, -0.2) is 0 Å². The summed E-state index contributed by atoms with van der Waals surface area (Å²) in [6.07, 6.45) is 2.03. The molecule has 2 N–H and O–H groups in total. The topological polar surface area (TPSA) is 35.2 Å². The van der Waals surface area contributed by atoms with Gasteiger partial charge in [0.1, 0.15) is 5.75 Å². The Bertz CT molecular complexity index is 478. The number of nitrogens with two attached hydrogens (primary N) is 1. The van der Waals surface area contributed by atoms with Crippen molar-refractivity contribution in [3.8, 4) is 5.75 Å². The zero-order valence-electron chi connectivity index (χ0n) is 11.4. The first-order chi connectivity index (χ1) is 9.33. The van der Waals surface area contributed by atoms with E-state index in [-0.39, 0.29) is 0 Å². The SMILES string of the molecule is COc1ccc(CC(CCN)c2ccccc2)cc1. The Hall–Kier alpha value is -1.80. The smallest absolute Gasteiger partial charge is 0.118 e. The maximum absolute atomic E-state index is 5.75. The molecule has 0 aliphatic heterocycles. The molecule has 0 fully saturated rings. The molecular weight excluding hydrogens is 234 g/mol. The predicted octanol–water partition coefficient (Wildman–Crippen LogP) is 3.37. The number of hydrogen-bond acceptors (Lipinski definition) is 2. The highest BCUT2D eigenvalue weighted by Crippen LogP contribution is 2.24. The molecule has 0 aliphatic rings. The van der Waals surface area contributed by atoms with Crippen molar-refractivity contribution in [2.75, 3.05) is 13.7 Å². The maximum atomic E-state index is 5.75. The van der Waals surface area contributed by atoms with Crippen LogP contribution in [0.1, 0.15) is 23.5 Å². The monoisotopic (exact) mass is 255 g/mol. The van der Waals surface area contributed by atoms with Crippen LogP contribution in [0.3, 0.4) is 0 Å². The van der Waals surface area contributed by atoms with Crippen molar-refractivity contribution in [2.45, 2.75) is 18.8 Å². The molecule has 0 aromatic heterocycles. The minimum Gasteiger partial charge on any atom is -0.497 e. The molecule has 0 heterocycles. The van der Waals surface area contributed by atoms with E-state index in [9.17, 15) is 0 Å². The van der Waals surface area contributed by atoms with Crippen molar-refractivity contribution in [1.82, 2.24) is 0 Å². The van der Waals surface area contributed by atoms with Crippen molar-refractivity contribution >= 4 is 0 Å². The predicted molar refractivity (Wildman–Crippen MR) is 79.6 cm³/mol. The molecule has 0 saturated carbocycles. The lowest BCUT2D eigenvalue weighted by molar-refractivity contribution is 0.414. The quantitative estimate of drug-likeness (QED) is 0.859. The van der Waals surface area contributed by atoms with E-state index in [1.54, 1.807) is 7.11 Å². The summed E-state index contributed by atoms with van der Waals surface area (Å²) in [4.78, 5) is 0. The van der Waals surface area contributed by atoms with Crippen LogP contribution < -0.4 is 10.5 Å². The van der Waals surface area contributed by atoms with E-state index in [2.05, 4.69) is 42.5 Å². The summed E-state index contributed by atoms with van der Waals surface area (Å²) >= 11 is 0. The molecule has 100 valence electrons. The molecule has 0 spiro atoms. The lowest BCUT2D eigenvalue weighted by Gasteiger charge is -2.17. The summed E-state index contributed by atoms with van der Waals surface area (Å²) in [6.45, 7) is 0.718. The molecule has 2 heteroatoms. The summed E-state index contributed by atoms with van der Waals surface area (Å²) in [5.74, 6) is 1.39. The Morgan fingerprint density at radius 2 is 1.68 bits per heavy atom. The first kappa shape index (κ1) is 13.6. The molecule has 0 saturated heterocycles. The summed E-state index contributed by atoms with van der Waals surface area (Å²) in [6, 6.07) is 18.9. The summed E-state index contributed by atoms with van der Waals surface area (Å²) in [5.41, 5.74) is 8.43. The van der Waals surface area contributed by atoms with Crippen LogP contribution in [-0.4, -0.2) is 13.7 Å². The van der Waals surface area contributed by atoms with Crippen LogP contribution >= 0.6 is 0 Å². The van der Waals surface area contributed by atoms with Gasteiger partial charge in [-0.05, 0) is 48.6 Å². The molecule has 0 radical (unpaired) electrons. The van der Waals surface area contributed by atoms with E-state index in [1.807, 2.05) is 12.1 Å². The Morgan fingerprint density at radius 3 is 2.26 bits per heavy atom. The lowest BCUT2D eigenvalue weighted by atomic mass is 9.89. The zero-order valence-corrected chi connectivity index (χ0v) is 11.4. The minimum atomic E-state index is 0.486. The summed E-state index contributed by atoms with van der Waals surface area (Å²) in [5, 5.41) is 0. The zero-order chi connectivity index (χ0) is 13.5. The highest BCUT2D eigenvalue weighted by atomic mass is 16.5.